The predicted molar refractivity (Wildman–Crippen MR) is 119 cm³/mol. The molecule has 6 heteroatoms. The van der Waals surface area contributed by atoms with Gasteiger partial charge in [0.15, 0.2) is 5.82 Å². The van der Waals surface area contributed by atoms with Crippen LogP contribution in [0.3, 0.4) is 0 Å². The molecule has 1 saturated carbocycles. The molecule has 0 unspecified atom stereocenters. The van der Waals surface area contributed by atoms with Gasteiger partial charge < -0.3 is 9.80 Å². The Kier molecular flexibility index (Phi) is 6.92. The van der Waals surface area contributed by atoms with Crippen molar-refractivity contribution in [3.63, 3.8) is 0 Å². The number of rotatable bonds is 6. The van der Waals surface area contributed by atoms with Crippen molar-refractivity contribution in [1.82, 2.24) is 20.1 Å². The van der Waals surface area contributed by atoms with Crippen LogP contribution in [0.5, 0.6) is 0 Å². The molecule has 0 aromatic carbocycles. The molecule has 1 aliphatic carbocycles. The zero-order valence-corrected chi connectivity index (χ0v) is 18.0. The number of carbonyl (C=O) groups is 1. The molecule has 4 rings (SSSR count). The first-order valence-corrected chi connectivity index (χ1v) is 11.5. The van der Waals surface area contributed by atoms with Gasteiger partial charge in [0.05, 0.1) is 5.69 Å². The van der Waals surface area contributed by atoms with Crippen molar-refractivity contribution in [2.75, 3.05) is 31.1 Å². The fraction of sp³-hybridized carbons (Fsp3) is 0.583. The minimum atomic E-state index is 0.244. The van der Waals surface area contributed by atoms with Crippen LogP contribution in [0, 0.1) is 11.8 Å². The lowest BCUT2D eigenvalue weighted by atomic mass is 9.79. The summed E-state index contributed by atoms with van der Waals surface area (Å²) in [4.78, 5) is 21.4. The molecular weight excluding hydrogens is 374 g/mol. The number of unbranched alkanes of at least 4 members (excludes halogenated alkanes) is 1. The number of anilines is 1. The van der Waals surface area contributed by atoms with Crippen LogP contribution in [-0.2, 0) is 4.79 Å². The maximum Gasteiger partial charge on any atom is 0.225 e. The van der Waals surface area contributed by atoms with Crippen molar-refractivity contribution in [3.8, 4) is 11.3 Å². The molecule has 2 aromatic heterocycles. The van der Waals surface area contributed by atoms with E-state index < -0.39 is 0 Å². The van der Waals surface area contributed by atoms with Gasteiger partial charge in [-0.1, -0.05) is 26.2 Å². The molecule has 1 aliphatic heterocycles. The Balaban J connectivity index is 1.26. The minimum absolute atomic E-state index is 0.244. The first kappa shape index (κ1) is 20.8. The van der Waals surface area contributed by atoms with E-state index in [1.54, 1.807) is 12.4 Å². The van der Waals surface area contributed by atoms with Gasteiger partial charge in [-0.25, -0.2) is 0 Å². The Hall–Kier alpha value is -2.50. The van der Waals surface area contributed by atoms with Gasteiger partial charge in [-0.05, 0) is 55.9 Å². The third-order valence-corrected chi connectivity index (χ3v) is 6.69. The summed E-state index contributed by atoms with van der Waals surface area (Å²) in [5, 5.41) is 8.78. The van der Waals surface area contributed by atoms with E-state index in [-0.39, 0.29) is 5.92 Å². The average Bonchev–Trinajstić information content (AvgIpc) is 2.83. The van der Waals surface area contributed by atoms with Crippen LogP contribution in [0.15, 0.2) is 36.7 Å². The average molecular weight is 408 g/mol. The monoisotopic (exact) mass is 407 g/mol. The summed E-state index contributed by atoms with van der Waals surface area (Å²) in [7, 11) is 0. The molecule has 2 fully saturated rings. The van der Waals surface area contributed by atoms with Gasteiger partial charge in [0.2, 0.25) is 5.91 Å². The largest absolute Gasteiger partial charge is 0.352 e. The molecule has 2 aliphatic rings. The number of carbonyl (C=O) groups excluding carboxylic acids is 1. The maximum atomic E-state index is 13.0. The van der Waals surface area contributed by atoms with Crippen LogP contribution < -0.4 is 4.90 Å². The Morgan fingerprint density at radius 1 is 1.03 bits per heavy atom. The third kappa shape index (κ3) is 4.97. The van der Waals surface area contributed by atoms with Crippen LogP contribution in [0.4, 0.5) is 5.82 Å². The highest BCUT2D eigenvalue weighted by atomic mass is 16.2. The number of amides is 1. The third-order valence-electron chi connectivity index (χ3n) is 6.69. The lowest BCUT2D eigenvalue weighted by Gasteiger charge is -2.38. The zero-order chi connectivity index (χ0) is 20.8. The van der Waals surface area contributed by atoms with Crippen LogP contribution >= 0.6 is 0 Å². The second-order valence-electron chi connectivity index (χ2n) is 8.69. The molecule has 0 atom stereocenters. The van der Waals surface area contributed by atoms with Gasteiger partial charge >= 0.3 is 0 Å². The molecule has 160 valence electrons. The number of hydrogen-bond donors (Lipinski definition) is 0. The van der Waals surface area contributed by atoms with Crippen molar-refractivity contribution in [1.29, 1.82) is 0 Å². The zero-order valence-electron chi connectivity index (χ0n) is 18.0. The van der Waals surface area contributed by atoms with Crippen molar-refractivity contribution >= 4 is 11.7 Å². The Morgan fingerprint density at radius 3 is 2.47 bits per heavy atom. The Bertz CT molecular complexity index is 794. The van der Waals surface area contributed by atoms with Gasteiger partial charge in [-0.3, -0.25) is 9.78 Å². The van der Waals surface area contributed by atoms with Crippen LogP contribution in [0.2, 0.25) is 0 Å². The Labute approximate surface area is 179 Å². The summed E-state index contributed by atoms with van der Waals surface area (Å²) in [5.41, 5.74) is 1.80. The first-order valence-electron chi connectivity index (χ1n) is 11.5. The molecule has 3 heterocycles. The smallest absolute Gasteiger partial charge is 0.225 e. The maximum absolute atomic E-state index is 13.0. The predicted octanol–water partition coefficient (Wildman–Crippen LogP) is 4.18. The lowest BCUT2D eigenvalue weighted by Crippen LogP contribution is -2.51. The summed E-state index contributed by atoms with van der Waals surface area (Å²) in [5.74, 6) is 2.35. The van der Waals surface area contributed by atoms with E-state index in [0.29, 0.717) is 5.91 Å². The molecule has 1 amide bonds. The fourth-order valence-electron chi connectivity index (χ4n) is 4.77. The second kappa shape index (κ2) is 10.0. The summed E-state index contributed by atoms with van der Waals surface area (Å²) >= 11 is 0. The highest BCUT2D eigenvalue weighted by Gasteiger charge is 2.31. The standard InChI is InChI=1S/C24H33N5O/c1-2-3-5-19-7-9-20(10-8-19)24(30)29-16-14-28(15-17-29)23-12-11-22(26-27-23)21-6-4-13-25-18-21/h4,6,11-13,18-20H,2-3,5,7-10,14-17H2,1H3. The van der Waals surface area contributed by atoms with E-state index >= 15 is 0 Å². The van der Waals surface area contributed by atoms with Crippen molar-refractivity contribution < 1.29 is 4.79 Å². The molecule has 0 bridgehead atoms. The fourth-order valence-corrected chi connectivity index (χ4v) is 4.77. The second-order valence-corrected chi connectivity index (χ2v) is 8.69. The van der Waals surface area contributed by atoms with E-state index in [2.05, 4.69) is 31.9 Å². The molecule has 0 spiro atoms. The summed E-state index contributed by atoms with van der Waals surface area (Å²) < 4.78 is 0. The van der Waals surface area contributed by atoms with Crippen LogP contribution in [-0.4, -0.2) is 52.2 Å². The highest BCUT2D eigenvalue weighted by molar-refractivity contribution is 5.79. The van der Waals surface area contributed by atoms with Crippen molar-refractivity contribution in [3.05, 3.63) is 36.7 Å². The number of piperazine rings is 1. The molecule has 1 saturated heterocycles. The lowest BCUT2D eigenvalue weighted by molar-refractivity contribution is -0.137. The molecular formula is C24H33N5O. The normalized spacial score (nSPS) is 22.2. The van der Waals surface area contributed by atoms with Gasteiger partial charge in [0.1, 0.15) is 0 Å². The van der Waals surface area contributed by atoms with E-state index in [4.69, 9.17) is 0 Å². The number of hydrogen-bond acceptors (Lipinski definition) is 5. The summed E-state index contributed by atoms with van der Waals surface area (Å²) in [6, 6.07) is 7.90. The van der Waals surface area contributed by atoms with Gasteiger partial charge in [-0.2, -0.15) is 0 Å². The van der Waals surface area contributed by atoms with Crippen molar-refractivity contribution in [2.24, 2.45) is 11.8 Å². The van der Waals surface area contributed by atoms with Gasteiger partial charge in [-0.15, -0.1) is 10.2 Å². The Morgan fingerprint density at radius 2 is 1.83 bits per heavy atom. The highest BCUT2D eigenvalue weighted by Crippen LogP contribution is 2.33. The van der Waals surface area contributed by atoms with E-state index in [0.717, 1.165) is 62.0 Å². The quantitative estimate of drug-likeness (QED) is 0.719. The number of nitrogens with zero attached hydrogens (tertiary/aromatic N) is 5. The van der Waals surface area contributed by atoms with E-state index in [1.165, 1.54) is 32.1 Å². The number of pyridine rings is 1. The summed E-state index contributed by atoms with van der Waals surface area (Å²) in [6.07, 6.45) is 12.1. The van der Waals surface area contributed by atoms with Crippen LogP contribution in [0.1, 0.15) is 51.9 Å². The topological polar surface area (TPSA) is 62.2 Å². The number of aromatic nitrogens is 3. The SMILES string of the molecule is CCCCC1CCC(C(=O)N2CCN(c3ccc(-c4cccnc4)nn3)CC2)CC1. The molecule has 0 N–H and O–H groups in total. The van der Waals surface area contributed by atoms with Crippen molar-refractivity contribution in [2.45, 2.75) is 51.9 Å². The van der Waals surface area contributed by atoms with Gasteiger partial charge in [0.25, 0.3) is 0 Å². The summed E-state index contributed by atoms with van der Waals surface area (Å²) in [6.45, 7) is 5.45. The van der Waals surface area contributed by atoms with E-state index in [1.807, 2.05) is 24.3 Å². The van der Waals surface area contributed by atoms with Crippen LogP contribution in [0.25, 0.3) is 11.3 Å². The minimum Gasteiger partial charge on any atom is -0.352 e. The molecule has 30 heavy (non-hydrogen) atoms. The molecule has 6 nitrogen and oxygen atoms in total. The molecule has 0 radical (unpaired) electrons. The first-order chi connectivity index (χ1) is 14.7. The van der Waals surface area contributed by atoms with E-state index in [9.17, 15) is 4.79 Å². The molecule has 2 aromatic rings. The van der Waals surface area contributed by atoms with Gasteiger partial charge in [0, 0.05) is 50.1 Å².